The largest absolute Gasteiger partial charge is 0.0620 e. The highest BCUT2D eigenvalue weighted by atomic mass is 14.4. The zero-order valence-electron chi connectivity index (χ0n) is 9.67. The summed E-state index contributed by atoms with van der Waals surface area (Å²) >= 11 is 0. The maximum absolute atomic E-state index is 2.38. The van der Waals surface area contributed by atoms with Crippen LogP contribution in [-0.2, 0) is 6.42 Å². The Bertz CT molecular complexity index is 330. The monoisotopic (exact) mass is 188 g/mol. The van der Waals surface area contributed by atoms with Crippen LogP contribution in [0, 0.1) is 11.3 Å². The summed E-state index contributed by atoms with van der Waals surface area (Å²) in [4.78, 5) is 0. The highest BCUT2D eigenvalue weighted by Crippen LogP contribution is 2.47. The van der Waals surface area contributed by atoms with Crippen molar-refractivity contribution in [1.29, 1.82) is 0 Å². The standard InChI is InChI=1S/C14H20/c1-10-9-11-7-5-6-8-12(11)13(10)14(2,3)4/h5-8,10,13H,9H2,1-4H3. The SMILES string of the molecule is CC1Cc2ccccc2C1C(C)(C)C. The molecule has 1 aliphatic rings. The predicted octanol–water partition coefficient (Wildman–Crippen LogP) is 4.01. The van der Waals surface area contributed by atoms with E-state index in [0.29, 0.717) is 5.41 Å². The summed E-state index contributed by atoms with van der Waals surface area (Å²) in [6.45, 7) is 9.46. The number of rotatable bonds is 0. The van der Waals surface area contributed by atoms with Gasteiger partial charge in [-0.3, -0.25) is 0 Å². The molecule has 0 heteroatoms. The Balaban J connectivity index is 2.45. The quantitative estimate of drug-likeness (QED) is 0.577. The summed E-state index contributed by atoms with van der Waals surface area (Å²) in [5.41, 5.74) is 3.55. The fourth-order valence-electron chi connectivity index (χ4n) is 3.11. The van der Waals surface area contributed by atoms with Crippen LogP contribution in [0.2, 0.25) is 0 Å². The second-order valence-electron chi connectivity index (χ2n) is 5.72. The second-order valence-corrected chi connectivity index (χ2v) is 5.72. The molecule has 0 nitrogen and oxygen atoms in total. The first-order valence-electron chi connectivity index (χ1n) is 5.58. The summed E-state index contributed by atoms with van der Waals surface area (Å²) in [6.07, 6.45) is 1.26. The Hall–Kier alpha value is -0.780. The molecule has 0 heterocycles. The first-order valence-corrected chi connectivity index (χ1v) is 5.58. The van der Waals surface area contributed by atoms with Crippen molar-refractivity contribution in [2.75, 3.05) is 0 Å². The van der Waals surface area contributed by atoms with Crippen LogP contribution < -0.4 is 0 Å². The first-order chi connectivity index (χ1) is 6.50. The summed E-state index contributed by atoms with van der Waals surface area (Å²) in [5.74, 6) is 1.53. The van der Waals surface area contributed by atoms with Crippen molar-refractivity contribution in [1.82, 2.24) is 0 Å². The normalized spacial score (nSPS) is 26.3. The van der Waals surface area contributed by atoms with Gasteiger partial charge in [0.15, 0.2) is 0 Å². The topological polar surface area (TPSA) is 0 Å². The van der Waals surface area contributed by atoms with E-state index in [9.17, 15) is 0 Å². The van der Waals surface area contributed by atoms with Gasteiger partial charge in [-0.05, 0) is 34.8 Å². The lowest BCUT2D eigenvalue weighted by Crippen LogP contribution is -2.21. The van der Waals surface area contributed by atoms with Gasteiger partial charge in [0.05, 0.1) is 0 Å². The molecule has 1 aliphatic carbocycles. The molecule has 2 atom stereocenters. The van der Waals surface area contributed by atoms with Gasteiger partial charge in [-0.2, -0.15) is 0 Å². The van der Waals surface area contributed by atoms with Crippen molar-refractivity contribution in [2.24, 2.45) is 11.3 Å². The van der Waals surface area contributed by atoms with Gasteiger partial charge < -0.3 is 0 Å². The number of hydrogen-bond donors (Lipinski definition) is 0. The molecule has 2 unspecified atom stereocenters. The van der Waals surface area contributed by atoms with Crippen LogP contribution in [0.5, 0.6) is 0 Å². The molecule has 0 amide bonds. The average Bonchev–Trinajstić information content (AvgIpc) is 2.38. The fourth-order valence-corrected chi connectivity index (χ4v) is 3.11. The Kier molecular flexibility index (Phi) is 2.17. The summed E-state index contributed by atoms with van der Waals surface area (Å²) in [5, 5.41) is 0. The summed E-state index contributed by atoms with van der Waals surface area (Å²) in [6, 6.07) is 8.94. The molecule has 0 aliphatic heterocycles. The Morgan fingerprint density at radius 3 is 2.43 bits per heavy atom. The van der Waals surface area contributed by atoms with Gasteiger partial charge in [-0.1, -0.05) is 52.0 Å². The smallest absolute Gasteiger partial charge is 0.00816 e. The van der Waals surface area contributed by atoms with Crippen LogP contribution in [0.3, 0.4) is 0 Å². The van der Waals surface area contributed by atoms with E-state index < -0.39 is 0 Å². The molecule has 14 heavy (non-hydrogen) atoms. The molecular weight excluding hydrogens is 168 g/mol. The van der Waals surface area contributed by atoms with E-state index >= 15 is 0 Å². The van der Waals surface area contributed by atoms with Gasteiger partial charge >= 0.3 is 0 Å². The minimum Gasteiger partial charge on any atom is -0.0620 e. The van der Waals surface area contributed by atoms with Gasteiger partial charge in [0.1, 0.15) is 0 Å². The van der Waals surface area contributed by atoms with E-state index in [4.69, 9.17) is 0 Å². The zero-order chi connectivity index (χ0) is 10.3. The Labute approximate surface area is 87.3 Å². The lowest BCUT2D eigenvalue weighted by molar-refractivity contribution is 0.263. The zero-order valence-corrected chi connectivity index (χ0v) is 9.67. The second kappa shape index (κ2) is 3.12. The van der Waals surface area contributed by atoms with E-state index in [-0.39, 0.29) is 0 Å². The number of fused-ring (bicyclic) bond motifs is 1. The van der Waals surface area contributed by atoms with Crippen LogP contribution in [-0.4, -0.2) is 0 Å². The van der Waals surface area contributed by atoms with Crippen LogP contribution in [0.1, 0.15) is 44.7 Å². The van der Waals surface area contributed by atoms with Crippen molar-refractivity contribution in [3.8, 4) is 0 Å². The highest BCUT2D eigenvalue weighted by Gasteiger charge is 2.36. The minimum absolute atomic E-state index is 0.395. The molecule has 0 fully saturated rings. The van der Waals surface area contributed by atoms with Gasteiger partial charge in [-0.15, -0.1) is 0 Å². The Morgan fingerprint density at radius 1 is 1.14 bits per heavy atom. The van der Waals surface area contributed by atoms with Crippen LogP contribution in [0.15, 0.2) is 24.3 Å². The van der Waals surface area contributed by atoms with Crippen LogP contribution in [0.4, 0.5) is 0 Å². The molecule has 76 valence electrons. The van der Waals surface area contributed by atoms with E-state index in [1.807, 2.05) is 0 Å². The Morgan fingerprint density at radius 2 is 1.79 bits per heavy atom. The molecule has 0 aromatic heterocycles. The molecule has 0 saturated carbocycles. The van der Waals surface area contributed by atoms with Gasteiger partial charge in [0.2, 0.25) is 0 Å². The van der Waals surface area contributed by atoms with E-state index in [1.165, 1.54) is 6.42 Å². The lowest BCUT2D eigenvalue weighted by atomic mass is 9.73. The third-order valence-electron chi connectivity index (χ3n) is 3.43. The fraction of sp³-hybridized carbons (Fsp3) is 0.571. The molecule has 0 N–H and O–H groups in total. The molecule has 1 aromatic carbocycles. The maximum atomic E-state index is 2.38. The van der Waals surface area contributed by atoms with Crippen molar-refractivity contribution in [3.05, 3.63) is 35.4 Å². The van der Waals surface area contributed by atoms with Crippen molar-refractivity contribution in [3.63, 3.8) is 0 Å². The number of benzene rings is 1. The minimum atomic E-state index is 0.395. The molecule has 0 spiro atoms. The third kappa shape index (κ3) is 1.47. The summed E-state index contributed by atoms with van der Waals surface area (Å²) in [7, 11) is 0. The molecular formula is C14H20. The van der Waals surface area contributed by atoms with E-state index in [1.54, 1.807) is 11.1 Å². The van der Waals surface area contributed by atoms with Gasteiger partial charge in [0.25, 0.3) is 0 Å². The first kappa shape index (κ1) is 9.76. The number of hydrogen-bond acceptors (Lipinski definition) is 0. The van der Waals surface area contributed by atoms with E-state index in [2.05, 4.69) is 52.0 Å². The summed E-state index contributed by atoms with van der Waals surface area (Å²) < 4.78 is 0. The molecule has 0 bridgehead atoms. The van der Waals surface area contributed by atoms with Crippen molar-refractivity contribution >= 4 is 0 Å². The molecule has 0 saturated heterocycles. The molecule has 1 aromatic rings. The van der Waals surface area contributed by atoms with Gasteiger partial charge in [0, 0.05) is 0 Å². The predicted molar refractivity (Wildman–Crippen MR) is 61.5 cm³/mol. The average molecular weight is 188 g/mol. The highest BCUT2D eigenvalue weighted by molar-refractivity contribution is 5.37. The van der Waals surface area contributed by atoms with Crippen molar-refractivity contribution < 1.29 is 0 Å². The van der Waals surface area contributed by atoms with Crippen molar-refractivity contribution in [2.45, 2.75) is 40.0 Å². The maximum Gasteiger partial charge on any atom is -0.00816 e. The van der Waals surface area contributed by atoms with Crippen LogP contribution >= 0.6 is 0 Å². The van der Waals surface area contributed by atoms with Gasteiger partial charge in [-0.25, -0.2) is 0 Å². The van der Waals surface area contributed by atoms with E-state index in [0.717, 1.165) is 11.8 Å². The lowest BCUT2D eigenvalue weighted by Gasteiger charge is -2.31. The third-order valence-corrected chi connectivity index (χ3v) is 3.43. The van der Waals surface area contributed by atoms with Crippen LogP contribution in [0.25, 0.3) is 0 Å². The molecule has 2 rings (SSSR count). The molecule has 0 radical (unpaired) electrons.